The molecule has 0 radical (unpaired) electrons. The lowest BCUT2D eigenvalue weighted by Crippen LogP contribution is -2.40. The van der Waals surface area contributed by atoms with Gasteiger partial charge in [-0.3, -0.25) is 4.79 Å². The van der Waals surface area contributed by atoms with E-state index < -0.39 is 0 Å². The van der Waals surface area contributed by atoms with Gasteiger partial charge in [-0.2, -0.15) is 0 Å². The third kappa shape index (κ3) is 4.25. The van der Waals surface area contributed by atoms with Crippen molar-refractivity contribution in [2.45, 2.75) is 59.4 Å². The Balaban J connectivity index is 2.77. The van der Waals surface area contributed by atoms with Crippen LogP contribution in [0.25, 0.3) is 0 Å². The van der Waals surface area contributed by atoms with Crippen LogP contribution in [0.15, 0.2) is 10.5 Å². The molecule has 1 aromatic rings. The van der Waals surface area contributed by atoms with Crippen molar-refractivity contribution in [1.29, 1.82) is 0 Å². The Bertz CT molecular complexity index is 385. The van der Waals surface area contributed by atoms with E-state index in [1.54, 1.807) is 0 Å². The zero-order valence-electron chi connectivity index (χ0n) is 11.5. The summed E-state index contributed by atoms with van der Waals surface area (Å²) in [6, 6.07) is 1.87. The minimum absolute atomic E-state index is 0.0542. The van der Waals surface area contributed by atoms with Crippen LogP contribution in [-0.2, 0) is 6.42 Å². The number of unbranched alkanes of at least 4 members (excludes halogenated alkanes) is 1. The first-order valence-electron chi connectivity index (χ1n) is 6.25. The first-order chi connectivity index (χ1) is 7.83. The number of hydrogen-bond donors (Lipinski definition) is 1. The normalized spacial score (nSPS) is 11.6. The van der Waals surface area contributed by atoms with Crippen LogP contribution in [0.5, 0.6) is 0 Å². The van der Waals surface area contributed by atoms with E-state index in [0.29, 0.717) is 11.3 Å². The number of carbonyl (C=O) groups is 1. The molecule has 0 aliphatic carbocycles. The molecule has 1 N–H and O–H groups in total. The molecule has 0 saturated carbocycles. The van der Waals surface area contributed by atoms with Gasteiger partial charge in [0.05, 0.1) is 5.56 Å². The monoisotopic (exact) mass is 237 g/mol. The van der Waals surface area contributed by atoms with E-state index in [2.05, 4.69) is 12.2 Å². The topological polar surface area (TPSA) is 42.2 Å². The summed E-state index contributed by atoms with van der Waals surface area (Å²) in [5, 5.41) is 2.95. The van der Waals surface area contributed by atoms with Crippen LogP contribution in [0.4, 0.5) is 0 Å². The molecule has 3 nitrogen and oxygen atoms in total. The second kappa shape index (κ2) is 5.39. The highest BCUT2D eigenvalue weighted by atomic mass is 16.3. The third-order valence-corrected chi connectivity index (χ3v) is 2.48. The Morgan fingerprint density at radius 1 is 1.41 bits per heavy atom. The molecule has 1 rings (SSSR count). The predicted molar refractivity (Wildman–Crippen MR) is 69.3 cm³/mol. The van der Waals surface area contributed by atoms with E-state index in [1.807, 2.05) is 33.8 Å². The standard InChI is InChI=1S/C14H23NO2/c1-6-7-8-11-9-12(10(2)17-11)13(16)15-14(3,4)5/h9H,6-8H2,1-5H3,(H,15,16). The molecule has 0 unspecified atom stereocenters. The summed E-state index contributed by atoms with van der Waals surface area (Å²) in [7, 11) is 0. The summed E-state index contributed by atoms with van der Waals surface area (Å²) in [5.74, 6) is 1.56. The molecule has 0 atom stereocenters. The van der Waals surface area contributed by atoms with E-state index in [4.69, 9.17) is 4.42 Å². The van der Waals surface area contributed by atoms with Gasteiger partial charge in [-0.15, -0.1) is 0 Å². The summed E-state index contributed by atoms with van der Waals surface area (Å²) < 4.78 is 5.59. The van der Waals surface area contributed by atoms with Crippen LogP contribution >= 0.6 is 0 Å². The lowest BCUT2D eigenvalue weighted by molar-refractivity contribution is 0.0918. The number of amides is 1. The summed E-state index contributed by atoms with van der Waals surface area (Å²) in [5.41, 5.74) is 0.440. The predicted octanol–water partition coefficient (Wildman–Crippen LogP) is 3.46. The van der Waals surface area contributed by atoms with E-state index in [1.165, 1.54) is 0 Å². The molecule has 3 heteroatoms. The summed E-state index contributed by atoms with van der Waals surface area (Å²) in [6.45, 7) is 9.89. The summed E-state index contributed by atoms with van der Waals surface area (Å²) >= 11 is 0. The number of furan rings is 1. The zero-order chi connectivity index (χ0) is 13.1. The van der Waals surface area contributed by atoms with Gasteiger partial charge in [-0.05, 0) is 40.2 Å². The molecule has 0 fully saturated rings. The molecule has 0 bridgehead atoms. The van der Waals surface area contributed by atoms with Gasteiger partial charge >= 0.3 is 0 Å². The highest BCUT2D eigenvalue weighted by Crippen LogP contribution is 2.17. The first-order valence-corrected chi connectivity index (χ1v) is 6.25. The molecule has 0 spiro atoms. The number of aryl methyl sites for hydroxylation is 2. The number of rotatable bonds is 4. The van der Waals surface area contributed by atoms with Gasteiger partial charge in [0.1, 0.15) is 11.5 Å². The van der Waals surface area contributed by atoms with Crippen molar-refractivity contribution < 1.29 is 9.21 Å². The van der Waals surface area contributed by atoms with Crippen molar-refractivity contribution in [1.82, 2.24) is 5.32 Å². The minimum atomic E-state index is -0.218. The fourth-order valence-corrected chi connectivity index (χ4v) is 1.65. The highest BCUT2D eigenvalue weighted by molar-refractivity contribution is 5.95. The minimum Gasteiger partial charge on any atom is -0.466 e. The van der Waals surface area contributed by atoms with Gasteiger partial charge in [-0.25, -0.2) is 0 Å². The van der Waals surface area contributed by atoms with Crippen LogP contribution in [0, 0.1) is 6.92 Å². The third-order valence-electron chi connectivity index (χ3n) is 2.48. The fourth-order valence-electron chi connectivity index (χ4n) is 1.65. The van der Waals surface area contributed by atoms with Gasteiger partial charge in [0, 0.05) is 12.0 Å². The fraction of sp³-hybridized carbons (Fsp3) is 0.643. The second-order valence-electron chi connectivity index (χ2n) is 5.49. The number of hydrogen-bond acceptors (Lipinski definition) is 2. The molecular weight excluding hydrogens is 214 g/mol. The number of nitrogens with one attached hydrogen (secondary N) is 1. The van der Waals surface area contributed by atoms with Crippen molar-refractivity contribution in [2.24, 2.45) is 0 Å². The maximum atomic E-state index is 12.0. The number of carbonyl (C=O) groups excluding carboxylic acids is 1. The molecule has 0 aromatic carbocycles. The molecule has 0 aliphatic heterocycles. The average molecular weight is 237 g/mol. The first kappa shape index (κ1) is 13.8. The van der Waals surface area contributed by atoms with Crippen LogP contribution in [-0.4, -0.2) is 11.4 Å². The molecule has 96 valence electrons. The van der Waals surface area contributed by atoms with Crippen molar-refractivity contribution in [3.05, 3.63) is 23.2 Å². The van der Waals surface area contributed by atoms with E-state index in [0.717, 1.165) is 25.0 Å². The highest BCUT2D eigenvalue weighted by Gasteiger charge is 2.19. The lowest BCUT2D eigenvalue weighted by Gasteiger charge is -2.20. The molecule has 17 heavy (non-hydrogen) atoms. The summed E-state index contributed by atoms with van der Waals surface area (Å²) in [4.78, 5) is 12.0. The Hall–Kier alpha value is -1.25. The van der Waals surface area contributed by atoms with E-state index >= 15 is 0 Å². The maximum Gasteiger partial charge on any atom is 0.255 e. The molecule has 0 aliphatic rings. The van der Waals surface area contributed by atoms with Crippen molar-refractivity contribution in [2.75, 3.05) is 0 Å². The summed E-state index contributed by atoms with van der Waals surface area (Å²) in [6.07, 6.45) is 3.12. The Morgan fingerprint density at radius 2 is 2.06 bits per heavy atom. The smallest absolute Gasteiger partial charge is 0.255 e. The van der Waals surface area contributed by atoms with Gasteiger partial charge in [-0.1, -0.05) is 13.3 Å². The maximum absolute atomic E-state index is 12.0. The molecule has 0 saturated heterocycles. The Morgan fingerprint density at radius 3 is 2.59 bits per heavy atom. The quantitative estimate of drug-likeness (QED) is 0.871. The van der Waals surface area contributed by atoms with Crippen LogP contribution < -0.4 is 5.32 Å². The molecule has 1 aromatic heterocycles. The Labute approximate surface area is 104 Å². The zero-order valence-corrected chi connectivity index (χ0v) is 11.5. The second-order valence-corrected chi connectivity index (χ2v) is 5.49. The van der Waals surface area contributed by atoms with Crippen molar-refractivity contribution >= 4 is 5.91 Å². The average Bonchev–Trinajstić information content (AvgIpc) is 2.54. The van der Waals surface area contributed by atoms with Gasteiger partial charge in [0.2, 0.25) is 0 Å². The van der Waals surface area contributed by atoms with Crippen LogP contribution in [0.1, 0.15) is 62.4 Å². The van der Waals surface area contributed by atoms with Gasteiger partial charge in [0.15, 0.2) is 0 Å². The molecule has 1 amide bonds. The van der Waals surface area contributed by atoms with Gasteiger partial charge < -0.3 is 9.73 Å². The SMILES string of the molecule is CCCCc1cc(C(=O)NC(C)(C)C)c(C)o1. The van der Waals surface area contributed by atoms with E-state index in [9.17, 15) is 4.79 Å². The molecule has 1 heterocycles. The van der Waals surface area contributed by atoms with Crippen LogP contribution in [0.2, 0.25) is 0 Å². The molecular formula is C14H23NO2. The lowest BCUT2D eigenvalue weighted by atomic mass is 10.1. The van der Waals surface area contributed by atoms with Crippen molar-refractivity contribution in [3.8, 4) is 0 Å². The van der Waals surface area contributed by atoms with Crippen molar-refractivity contribution in [3.63, 3.8) is 0 Å². The van der Waals surface area contributed by atoms with E-state index in [-0.39, 0.29) is 11.4 Å². The Kier molecular flexibility index (Phi) is 4.38. The largest absolute Gasteiger partial charge is 0.466 e. The van der Waals surface area contributed by atoms with Gasteiger partial charge in [0.25, 0.3) is 5.91 Å². The van der Waals surface area contributed by atoms with Crippen LogP contribution in [0.3, 0.4) is 0 Å².